The second-order valence-electron chi connectivity index (χ2n) is 10.1. The molecule has 3 heterocycles. The van der Waals surface area contributed by atoms with Crippen molar-refractivity contribution in [1.29, 1.82) is 0 Å². The van der Waals surface area contributed by atoms with E-state index in [-0.39, 0.29) is 22.8 Å². The van der Waals surface area contributed by atoms with E-state index >= 15 is 0 Å². The van der Waals surface area contributed by atoms with Crippen LogP contribution in [0.1, 0.15) is 46.9 Å². The molecule has 3 aromatic carbocycles. The zero-order valence-electron chi connectivity index (χ0n) is 22.2. The Morgan fingerprint density at radius 2 is 1.71 bits per heavy atom. The number of carbonyl (C=O) groups excluding carboxylic acids is 1. The highest BCUT2D eigenvalue weighted by atomic mass is 19.4. The minimum absolute atomic E-state index is 0.0852. The van der Waals surface area contributed by atoms with E-state index < -0.39 is 17.8 Å². The molecule has 10 heteroatoms. The van der Waals surface area contributed by atoms with Gasteiger partial charge in [0.05, 0.1) is 30.3 Å². The van der Waals surface area contributed by atoms with Gasteiger partial charge in [0.1, 0.15) is 5.56 Å². The first kappa shape index (κ1) is 26.2. The maximum absolute atomic E-state index is 14.0. The normalized spacial score (nSPS) is 12.0. The van der Waals surface area contributed by atoms with E-state index in [9.17, 15) is 18.0 Å². The minimum atomic E-state index is -4.71. The maximum atomic E-state index is 14.0. The lowest BCUT2D eigenvalue weighted by molar-refractivity contribution is -0.142. The van der Waals surface area contributed by atoms with E-state index in [0.717, 1.165) is 34.2 Å². The summed E-state index contributed by atoms with van der Waals surface area (Å²) in [7, 11) is 0. The van der Waals surface area contributed by atoms with E-state index in [1.54, 1.807) is 23.0 Å². The molecule has 0 spiro atoms. The van der Waals surface area contributed by atoms with Crippen LogP contribution in [0.5, 0.6) is 0 Å². The molecular formula is C31H25F3N6O. The highest BCUT2D eigenvalue weighted by Crippen LogP contribution is 2.33. The van der Waals surface area contributed by atoms with Crippen LogP contribution >= 0.6 is 0 Å². The molecule has 0 aliphatic heterocycles. The zero-order valence-corrected chi connectivity index (χ0v) is 22.2. The van der Waals surface area contributed by atoms with Crippen LogP contribution in [-0.2, 0) is 12.7 Å². The molecule has 0 saturated heterocycles. The minimum Gasteiger partial charge on any atom is -0.319 e. The van der Waals surface area contributed by atoms with E-state index in [2.05, 4.69) is 20.5 Å². The van der Waals surface area contributed by atoms with Crippen LogP contribution in [0, 0.1) is 0 Å². The fraction of sp³-hybridized carbons (Fsp3) is 0.161. The Balaban J connectivity index is 1.30. The number of carbonyl (C=O) groups is 1. The predicted octanol–water partition coefficient (Wildman–Crippen LogP) is 7.19. The van der Waals surface area contributed by atoms with Gasteiger partial charge in [0.25, 0.3) is 5.91 Å². The molecule has 7 nitrogen and oxygen atoms in total. The van der Waals surface area contributed by atoms with Crippen molar-refractivity contribution in [3.05, 3.63) is 114 Å². The first-order chi connectivity index (χ1) is 19.7. The largest absolute Gasteiger partial charge is 0.433 e. The van der Waals surface area contributed by atoms with Gasteiger partial charge in [-0.2, -0.15) is 23.4 Å². The molecule has 0 atom stereocenters. The third kappa shape index (κ3) is 5.16. The van der Waals surface area contributed by atoms with Crippen molar-refractivity contribution in [1.82, 2.24) is 24.4 Å². The van der Waals surface area contributed by atoms with Crippen LogP contribution < -0.4 is 5.32 Å². The number of alkyl halides is 3. The number of hydrogen-bond acceptors (Lipinski definition) is 4. The number of anilines is 1. The molecule has 0 bridgehead atoms. The zero-order chi connectivity index (χ0) is 28.7. The van der Waals surface area contributed by atoms with E-state index in [1.807, 2.05) is 68.4 Å². The highest BCUT2D eigenvalue weighted by molar-refractivity contribution is 6.08. The van der Waals surface area contributed by atoms with Crippen molar-refractivity contribution < 1.29 is 18.0 Å². The Hall–Kier alpha value is -4.99. The number of aromatic nitrogens is 5. The number of halogens is 3. The standard InChI is InChI=1S/C31H25F3N6O/c1-19(2)20-10-12-22(13-11-20)27-14-28(31(32,33)34)40-29(38-27)26(16-36-40)30(41)37-24-15-35-39(18-24)17-23-8-5-7-21-6-3-4-9-25(21)23/h3-16,18-19H,17H2,1-2H3,(H,37,41). The number of rotatable bonds is 6. The summed E-state index contributed by atoms with van der Waals surface area (Å²) in [5.41, 5.74) is 1.81. The molecule has 0 saturated carbocycles. The molecule has 0 radical (unpaired) electrons. The van der Waals surface area contributed by atoms with Gasteiger partial charge in [-0.3, -0.25) is 9.48 Å². The number of nitrogens with zero attached hydrogens (tertiary/aromatic N) is 5. The van der Waals surface area contributed by atoms with Crippen molar-refractivity contribution in [2.75, 3.05) is 5.32 Å². The van der Waals surface area contributed by atoms with Crippen LogP contribution in [0.2, 0.25) is 0 Å². The molecule has 206 valence electrons. The SMILES string of the molecule is CC(C)c1ccc(-c2cc(C(F)(F)F)n3ncc(C(=O)Nc4cnn(Cc5cccc6ccccc56)c4)c3n2)cc1. The van der Waals surface area contributed by atoms with Crippen molar-refractivity contribution in [3.63, 3.8) is 0 Å². The van der Waals surface area contributed by atoms with Crippen LogP contribution in [0.25, 0.3) is 27.7 Å². The van der Waals surface area contributed by atoms with Gasteiger partial charge < -0.3 is 5.32 Å². The second kappa shape index (κ2) is 10.2. The Bertz CT molecular complexity index is 1880. The number of amides is 1. The summed E-state index contributed by atoms with van der Waals surface area (Å²) in [4.78, 5) is 17.7. The quantitative estimate of drug-likeness (QED) is 0.236. The fourth-order valence-corrected chi connectivity index (χ4v) is 4.83. The lowest BCUT2D eigenvalue weighted by Gasteiger charge is -2.12. The van der Waals surface area contributed by atoms with Crippen LogP contribution in [0.4, 0.5) is 18.9 Å². The Kier molecular flexibility index (Phi) is 6.53. The summed E-state index contributed by atoms with van der Waals surface area (Å²) in [6, 6.07) is 22.2. The van der Waals surface area contributed by atoms with E-state index in [4.69, 9.17) is 0 Å². The molecule has 0 aliphatic rings. The summed E-state index contributed by atoms with van der Waals surface area (Å²) in [6.07, 6.45) is -0.456. The molecule has 0 fully saturated rings. The molecule has 1 N–H and O–H groups in total. The van der Waals surface area contributed by atoms with Crippen molar-refractivity contribution in [2.45, 2.75) is 32.5 Å². The van der Waals surface area contributed by atoms with Crippen molar-refractivity contribution in [3.8, 4) is 11.3 Å². The lowest BCUT2D eigenvalue weighted by Crippen LogP contribution is -2.15. The Morgan fingerprint density at radius 1 is 0.951 bits per heavy atom. The molecule has 1 amide bonds. The third-order valence-electron chi connectivity index (χ3n) is 6.98. The number of nitrogens with one attached hydrogen (secondary N) is 1. The van der Waals surface area contributed by atoms with E-state index in [1.165, 1.54) is 6.20 Å². The van der Waals surface area contributed by atoms with Crippen molar-refractivity contribution >= 4 is 28.0 Å². The molecular weight excluding hydrogens is 529 g/mol. The first-order valence-electron chi connectivity index (χ1n) is 13.0. The summed E-state index contributed by atoms with van der Waals surface area (Å²) in [5, 5.41) is 13.1. The van der Waals surface area contributed by atoms with Crippen LogP contribution in [0.3, 0.4) is 0 Å². The predicted molar refractivity (Wildman–Crippen MR) is 151 cm³/mol. The lowest BCUT2D eigenvalue weighted by atomic mass is 10.0. The molecule has 6 rings (SSSR count). The van der Waals surface area contributed by atoms with Crippen molar-refractivity contribution in [2.24, 2.45) is 0 Å². The summed E-state index contributed by atoms with van der Waals surface area (Å²) < 4.78 is 44.4. The third-order valence-corrected chi connectivity index (χ3v) is 6.98. The summed E-state index contributed by atoms with van der Waals surface area (Å²) in [6.45, 7) is 4.54. The first-order valence-corrected chi connectivity index (χ1v) is 13.0. The maximum Gasteiger partial charge on any atom is 0.433 e. The van der Waals surface area contributed by atoms with Gasteiger partial charge in [-0.15, -0.1) is 0 Å². The van der Waals surface area contributed by atoms with Gasteiger partial charge in [-0.1, -0.05) is 80.6 Å². The number of benzene rings is 3. The molecule has 0 aliphatic carbocycles. The van der Waals surface area contributed by atoms with E-state index in [0.29, 0.717) is 22.3 Å². The topological polar surface area (TPSA) is 77.1 Å². The molecule has 6 aromatic rings. The average molecular weight is 555 g/mol. The smallest absolute Gasteiger partial charge is 0.319 e. The van der Waals surface area contributed by atoms with Gasteiger partial charge in [-0.05, 0) is 33.9 Å². The second-order valence-corrected chi connectivity index (χ2v) is 10.1. The average Bonchev–Trinajstić information content (AvgIpc) is 3.59. The monoisotopic (exact) mass is 554 g/mol. The van der Waals surface area contributed by atoms with Gasteiger partial charge in [0, 0.05) is 11.8 Å². The summed E-state index contributed by atoms with van der Waals surface area (Å²) in [5.74, 6) is -0.371. The Morgan fingerprint density at radius 3 is 2.46 bits per heavy atom. The fourth-order valence-electron chi connectivity index (χ4n) is 4.83. The van der Waals surface area contributed by atoms with Gasteiger partial charge in [0.2, 0.25) is 0 Å². The molecule has 0 unspecified atom stereocenters. The number of fused-ring (bicyclic) bond motifs is 2. The van der Waals surface area contributed by atoms with Gasteiger partial charge >= 0.3 is 6.18 Å². The van der Waals surface area contributed by atoms with Crippen LogP contribution in [0.15, 0.2) is 91.4 Å². The highest BCUT2D eigenvalue weighted by Gasteiger charge is 2.36. The molecule has 3 aromatic heterocycles. The number of hydrogen-bond donors (Lipinski definition) is 1. The van der Waals surface area contributed by atoms with Crippen LogP contribution in [-0.4, -0.2) is 30.3 Å². The van der Waals surface area contributed by atoms with Gasteiger partial charge in [0.15, 0.2) is 11.3 Å². The van der Waals surface area contributed by atoms with Gasteiger partial charge in [-0.25, -0.2) is 9.50 Å². The summed E-state index contributed by atoms with van der Waals surface area (Å²) >= 11 is 0. The molecule has 41 heavy (non-hydrogen) atoms. The Labute approximate surface area is 233 Å².